The lowest BCUT2D eigenvalue weighted by atomic mass is 10.0. The number of pyridine rings is 1. The summed E-state index contributed by atoms with van der Waals surface area (Å²) in [6.07, 6.45) is 4.04. The summed E-state index contributed by atoms with van der Waals surface area (Å²) < 4.78 is 0. The summed E-state index contributed by atoms with van der Waals surface area (Å²) in [5.74, 6) is 0.615. The molecule has 3 N–H and O–H groups in total. The van der Waals surface area contributed by atoms with Crippen LogP contribution in [0.15, 0.2) is 48.7 Å². The standard InChI is InChI=1S/C22H23N5O/c1-13-9-10-24-19(11-13)20(16-5-6-16)27-21(28)17-7-3-15(4-8-17)18-12-14(2)25-22(23)26-18/h3-4,7-12,16,20H,5-6H2,1-2H3,(H,27,28)(H2,23,25,26)/t20-/m1/s1. The number of nitrogens with two attached hydrogens (primary N) is 1. The molecule has 3 aromatic rings. The van der Waals surface area contributed by atoms with E-state index in [-0.39, 0.29) is 17.9 Å². The first kappa shape index (κ1) is 18.1. The minimum absolute atomic E-state index is 0.0450. The second-order valence-corrected chi connectivity index (χ2v) is 7.38. The SMILES string of the molecule is Cc1ccnc([C@H](NC(=O)c2ccc(-c3cc(C)nc(N)n3)cc2)C2CC2)c1. The molecule has 0 bridgehead atoms. The van der Waals surface area contributed by atoms with Crippen LogP contribution in [-0.2, 0) is 0 Å². The lowest BCUT2D eigenvalue weighted by Crippen LogP contribution is -2.30. The number of amides is 1. The fourth-order valence-electron chi connectivity index (χ4n) is 3.35. The molecule has 0 aliphatic heterocycles. The van der Waals surface area contributed by atoms with Crippen molar-refractivity contribution in [2.45, 2.75) is 32.7 Å². The Balaban J connectivity index is 1.53. The maximum atomic E-state index is 12.8. The van der Waals surface area contributed by atoms with Gasteiger partial charge in [-0.2, -0.15) is 0 Å². The Morgan fingerprint density at radius 1 is 1.11 bits per heavy atom. The fourth-order valence-corrected chi connectivity index (χ4v) is 3.35. The van der Waals surface area contributed by atoms with E-state index in [2.05, 4.69) is 20.3 Å². The van der Waals surface area contributed by atoms with E-state index in [4.69, 9.17) is 5.73 Å². The molecular weight excluding hydrogens is 350 g/mol. The van der Waals surface area contributed by atoms with Gasteiger partial charge in [-0.1, -0.05) is 12.1 Å². The maximum Gasteiger partial charge on any atom is 0.251 e. The van der Waals surface area contributed by atoms with Gasteiger partial charge in [0.25, 0.3) is 5.91 Å². The number of benzene rings is 1. The predicted molar refractivity (Wildman–Crippen MR) is 109 cm³/mol. The van der Waals surface area contributed by atoms with Crippen molar-refractivity contribution in [3.05, 3.63) is 71.2 Å². The molecule has 1 amide bonds. The Kier molecular flexibility index (Phi) is 4.77. The highest BCUT2D eigenvalue weighted by molar-refractivity contribution is 5.95. The summed E-state index contributed by atoms with van der Waals surface area (Å²) in [4.78, 5) is 25.7. The van der Waals surface area contributed by atoms with Gasteiger partial charge in [-0.15, -0.1) is 0 Å². The Morgan fingerprint density at radius 2 is 1.86 bits per heavy atom. The normalized spacial score (nSPS) is 14.5. The quantitative estimate of drug-likeness (QED) is 0.712. The van der Waals surface area contributed by atoms with Crippen molar-refractivity contribution in [1.82, 2.24) is 20.3 Å². The van der Waals surface area contributed by atoms with Crippen LogP contribution in [0.4, 0.5) is 5.95 Å². The number of carbonyl (C=O) groups is 1. The van der Waals surface area contributed by atoms with E-state index in [9.17, 15) is 4.79 Å². The van der Waals surface area contributed by atoms with Gasteiger partial charge in [-0.25, -0.2) is 9.97 Å². The van der Waals surface area contributed by atoms with Gasteiger partial charge in [0.05, 0.1) is 17.4 Å². The van der Waals surface area contributed by atoms with Crippen molar-refractivity contribution in [2.24, 2.45) is 5.92 Å². The van der Waals surface area contributed by atoms with Crippen LogP contribution in [0.2, 0.25) is 0 Å². The molecule has 0 radical (unpaired) electrons. The van der Waals surface area contributed by atoms with Crippen molar-refractivity contribution >= 4 is 11.9 Å². The number of nitrogen functional groups attached to an aromatic ring is 1. The zero-order valence-electron chi connectivity index (χ0n) is 16.0. The molecule has 1 aliphatic carbocycles. The molecule has 1 saturated carbocycles. The van der Waals surface area contributed by atoms with Crippen LogP contribution in [0, 0.1) is 19.8 Å². The van der Waals surface area contributed by atoms with E-state index in [1.807, 2.05) is 56.3 Å². The highest BCUT2D eigenvalue weighted by Gasteiger charge is 2.34. The van der Waals surface area contributed by atoms with E-state index in [1.165, 1.54) is 0 Å². The number of hydrogen-bond acceptors (Lipinski definition) is 5. The smallest absolute Gasteiger partial charge is 0.251 e. The van der Waals surface area contributed by atoms with Crippen molar-refractivity contribution in [3.8, 4) is 11.3 Å². The highest BCUT2D eigenvalue weighted by Crippen LogP contribution is 2.40. The second kappa shape index (κ2) is 7.38. The first-order chi connectivity index (χ1) is 13.5. The molecule has 1 aromatic carbocycles. The summed E-state index contributed by atoms with van der Waals surface area (Å²) >= 11 is 0. The second-order valence-electron chi connectivity index (χ2n) is 7.38. The summed E-state index contributed by atoms with van der Waals surface area (Å²) in [6.45, 7) is 3.91. The van der Waals surface area contributed by atoms with Gasteiger partial charge in [0.15, 0.2) is 0 Å². The first-order valence-corrected chi connectivity index (χ1v) is 9.44. The zero-order chi connectivity index (χ0) is 19.7. The van der Waals surface area contributed by atoms with Gasteiger partial charge >= 0.3 is 0 Å². The molecular formula is C22H23N5O. The van der Waals surface area contributed by atoms with E-state index < -0.39 is 0 Å². The number of aryl methyl sites for hydroxylation is 2. The van der Waals surface area contributed by atoms with Gasteiger partial charge in [-0.05, 0) is 68.5 Å². The third-order valence-corrected chi connectivity index (χ3v) is 4.95. The van der Waals surface area contributed by atoms with Crippen LogP contribution in [0.3, 0.4) is 0 Å². The number of nitrogens with one attached hydrogen (secondary N) is 1. The van der Waals surface area contributed by atoms with Crippen LogP contribution in [0.25, 0.3) is 11.3 Å². The number of rotatable bonds is 5. The van der Waals surface area contributed by atoms with Crippen molar-refractivity contribution < 1.29 is 4.79 Å². The third kappa shape index (κ3) is 4.01. The molecule has 6 nitrogen and oxygen atoms in total. The molecule has 2 aromatic heterocycles. The van der Waals surface area contributed by atoms with Gasteiger partial charge in [0, 0.05) is 23.0 Å². The van der Waals surface area contributed by atoms with Crippen LogP contribution in [0.1, 0.15) is 46.2 Å². The highest BCUT2D eigenvalue weighted by atomic mass is 16.1. The number of hydrogen-bond donors (Lipinski definition) is 2. The molecule has 1 fully saturated rings. The molecule has 28 heavy (non-hydrogen) atoms. The average Bonchev–Trinajstić information content (AvgIpc) is 3.50. The minimum atomic E-state index is -0.0925. The Hall–Kier alpha value is -3.28. The molecule has 142 valence electrons. The van der Waals surface area contributed by atoms with E-state index in [1.54, 1.807) is 6.20 Å². The summed E-state index contributed by atoms with van der Waals surface area (Å²) in [5.41, 5.74) is 10.9. The molecule has 6 heteroatoms. The van der Waals surface area contributed by atoms with Crippen molar-refractivity contribution in [3.63, 3.8) is 0 Å². The first-order valence-electron chi connectivity index (χ1n) is 9.44. The molecule has 0 unspecified atom stereocenters. The molecule has 4 rings (SSSR count). The molecule has 1 atom stereocenters. The minimum Gasteiger partial charge on any atom is -0.368 e. The number of carbonyl (C=O) groups excluding carboxylic acids is 1. The lowest BCUT2D eigenvalue weighted by molar-refractivity contribution is 0.0930. The lowest BCUT2D eigenvalue weighted by Gasteiger charge is -2.18. The Morgan fingerprint density at radius 3 is 2.50 bits per heavy atom. The zero-order valence-corrected chi connectivity index (χ0v) is 16.0. The topological polar surface area (TPSA) is 93.8 Å². The molecule has 1 aliphatic rings. The van der Waals surface area contributed by atoms with Crippen LogP contribution in [-0.4, -0.2) is 20.9 Å². The van der Waals surface area contributed by atoms with Crippen molar-refractivity contribution in [1.29, 1.82) is 0 Å². The van der Waals surface area contributed by atoms with Gasteiger partial charge in [0.2, 0.25) is 5.95 Å². The fraction of sp³-hybridized carbons (Fsp3) is 0.273. The average molecular weight is 373 g/mol. The molecule has 2 heterocycles. The van der Waals surface area contributed by atoms with E-state index in [0.717, 1.165) is 41.1 Å². The van der Waals surface area contributed by atoms with Gasteiger partial charge < -0.3 is 11.1 Å². The van der Waals surface area contributed by atoms with Crippen LogP contribution >= 0.6 is 0 Å². The van der Waals surface area contributed by atoms with Crippen molar-refractivity contribution in [2.75, 3.05) is 5.73 Å². The van der Waals surface area contributed by atoms with Crippen LogP contribution in [0.5, 0.6) is 0 Å². The van der Waals surface area contributed by atoms with E-state index in [0.29, 0.717) is 11.5 Å². The number of nitrogens with zero attached hydrogens (tertiary/aromatic N) is 3. The largest absolute Gasteiger partial charge is 0.368 e. The summed E-state index contributed by atoms with van der Waals surface area (Å²) in [6, 6.07) is 13.2. The van der Waals surface area contributed by atoms with Crippen LogP contribution < -0.4 is 11.1 Å². The molecule has 0 saturated heterocycles. The maximum absolute atomic E-state index is 12.8. The predicted octanol–water partition coefficient (Wildman–Crippen LogP) is 3.62. The van der Waals surface area contributed by atoms with Gasteiger partial charge in [0.1, 0.15) is 0 Å². The monoisotopic (exact) mass is 373 g/mol. The van der Waals surface area contributed by atoms with E-state index >= 15 is 0 Å². The number of anilines is 1. The Bertz CT molecular complexity index is 991. The third-order valence-electron chi connectivity index (χ3n) is 4.95. The molecule has 0 spiro atoms. The van der Waals surface area contributed by atoms with Gasteiger partial charge in [-0.3, -0.25) is 9.78 Å². The Labute approximate surface area is 164 Å². The summed E-state index contributed by atoms with van der Waals surface area (Å²) in [5, 5.41) is 3.17. The summed E-state index contributed by atoms with van der Waals surface area (Å²) in [7, 11) is 0. The number of aromatic nitrogens is 3.